The van der Waals surface area contributed by atoms with Gasteiger partial charge in [0, 0.05) is 12.2 Å². The molecule has 1 aromatic heterocycles. The highest BCUT2D eigenvalue weighted by Crippen LogP contribution is 2.30. The molecule has 0 spiro atoms. The second kappa shape index (κ2) is 6.07. The third-order valence-corrected chi connectivity index (χ3v) is 5.58. The van der Waals surface area contributed by atoms with Gasteiger partial charge in [0.05, 0.1) is 5.69 Å². The zero-order valence-corrected chi connectivity index (χ0v) is 12.7. The number of hydrogen-bond acceptors (Lipinski definition) is 5. The molecule has 0 amide bonds. The minimum absolute atomic E-state index is 0.0289. The van der Waals surface area contributed by atoms with Gasteiger partial charge in [-0.3, -0.25) is 5.84 Å². The van der Waals surface area contributed by atoms with Gasteiger partial charge < -0.3 is 5.43 Å². The molecular weight excluding hydrogens is 276 g/mol. The van der Waals surface area contributed by atoms with Crippen LogP contribution in [0.5, 0.6) is 0 Å². The van der Waals surface area contributed by atoms with Gasteiger partial charge in [0.1, 0.15) is 0 Å². The average Bonchev–Trinajstić information content (AvgIpc) is 2.42. The molecule has 0 aromatic carbocycles. The van der Waals surface area contributed by atoms with Crippen LogP contribution in [0.1, 0.15) is 33.1 Å². The summed E-state index contributed by atoms with van der Waals surface area (Å²) in [5.41, 5.74) is 2.68. The van der Waals surface area contributed by atoms with Crippen molar-refractivity contribution < 1.29 is 8.42 Å². The van der Waals surface area contributed by atoms with E-state index in [1.807, 2.05) is 0 Å². The van der Waals surface area contributed by atoms with E-state index in [4.69, 9.17) is 5.84 Å². The number of hydrazine groups is 1. The van der Waals surface area contributed by atoms with Gasteiger partial charge in [-0.1, -0.05) is 13.8 Å². The van der Waals surface area contributed by atoms with E-state index in [0.29, 0.717) is 17.5 Å². The zero-order valence-electron chi connectivity index (χ0n) is 11.8. The van der Waals surface area contributed by atoms with E-state index in [9.17, 15) is 8.42 Å². The molecule has 0 bridgehead atoms. The number of nitrogens with zero attached hydrogens (tertiary/aromatic N) is 1. The van der Waals surface area contributed by atoms with Gasteiger partial charge in [-0.05, 0) is 43.2 Å². The van der Waals surface area contributed by atoms with Crippen molar-refractivity contribution in [3.8, 4) is 0 Å². The molecule has 20 heavy (non-hydrogen) atoms. The number of sulfonamides is 1. The van der Waals surface area contributed by atoms with Crippen molar-refractivity contribution in [1.82, 2.24) is 9.71 Å². The lowest BCUT2D eigenvalue weighted by atomic mass is 9.79. The van der Waals surface area contributed by atoms with Gasteiger partial charge >= 0.3 is 0 Å². The second-order valence-electron chi connectivity index (χ2n) is 5.59. The summed E-state index contributed by atoms with van der Waals surface area (Å²) in [6.07, 6.45) is 4.21. The summed E-state index contributed by atoms with van der Waals surface area (Å²) in [7, 11) is -3.65. The van der Waals surface area contributed by atoms with E-state index in [2.05, 4.69) is 29.0 Å². The number of anilines is 1. The van der Waals surface area contributed by atoms with Crippen molar-refractivity contribution >= 4 is 15.7 Å². The third kappa shape index (κ3) is 3.28. The van der Waals surface area contributed by atoms with E-state index < -0.39 is 10.0 Å². The number of aromatic nitrogens is 1. The Hall–Kier alpha value is -1.18. The average molecular weight is 298 g/mol. The predicted octanol–water partition coefficient (Wildman–Crippen LogP) is 1.47. The molecule has 1 aliphatic rings. The topological polar surface area (TPSA) is 97.1 Å². The number of nitrogens with one attached hydrogen (secondary N) is 2. The smallest absolute Gasteiger partial charge is 0.260 e. The van der Waals surface area contributed by atoms with Crippen LogP contribution in [0.3, 0.4) is 0 Å². The summed E-state index contributed by atoms with van der Waals surface area (Å²) in [6, 6.07) is 3.20. The fourth-order valence-corrected chi connectivity index (χ4v) is 4.03. The highest BCUT2D eigenvalue weighted by atomic mass is 32.2. The van der Waals surface area contributed by atoms with Crippen molar-refractivity contribution in [2.75, 3.05) is 5.43 Å². The largest absolute Gasteiger partial charge is 0.321 e. The standard InChI is InChI=1S/C13H22N4O2S/c1-9-5-6-11(8-10(9)2)17-20(18,19)13-12(16-14)4-3-7-15-13/h3-4,7,9-11,16-17H,5-6,8,14H2,1-2H3. The Morgan fingerprint density at radius 1 is 1.30 bits per heavy atom. The lowest BCUT2D eigenvalue weighted by Crippen LogP contribution is -2.40. The van der Waals surface area contributed by atoms with Gasteiger partial charge in [0.25, 0.3) is 10.0 Å². The molecule has 1 fully saturated rings. The Kier molecular flexibility index (Phi) is 4.62. The lowest BCUT2D eigenvalue weighted by molar-refractivity contribution is 0.242. The van der Waals surface area contributed by atoms with Gasteiger partial charge in [0.15, 0.2) is 5.03 Å². The fraction of sp³-hybridized carbons (Fsp3) is 0.615. The number of nitrogens with two attached hydrogens (primary N) is 1. The zero-order chi connectivity index (χ0) is 14.8. The predicted molar refractivity (Wildman–Crippen MR) is 78.3 cm³/mol. The molecule has 1 aromatic rings. The Morgan fingerprint density at radius 2 is 2.05 bits per heavy atom. The molecule has 7 heteroatoms. The molecule has 3 atom stereocenters. The Labute approximate surface area is 120 Å². The first-order valence-corrected chi connectivity index (χ1v) is 8.36. The molecule has 2 rings (SSSR count). The first-order valence-electron chi connectivity index (χ1n) is 6.88. The van der Waals surface area contributed by atoms with E-state index in [0.717, 1.165) is 19.3 Å². The summed E-state index contributed by atoms with van der Waals surface area (Å²) in [5, 5.41) is -0.0474. The van der Waals surface area contributed by atoms with Crippen LogP contribution in [-0.2, 0) is 10.0 Å². The van der Waals surface area contributed by atoms with Crippen LogP contribution < -0.4 is 16.0 Å². The van der Waals surface area contributed by atoms with Crippen LogP contribution in [0, 0.1) is 11.8 Å². The van der Waals surface area contributed by atoms with E-state index in [-0.39, 0.29) is 11.1 Å². The lowest BCUT2D eigenvalue weighted by Gasteiger charge is -2.32. The normalized spacial score (nSPS) is 27.2. The Morgan fingerprint density at radius 3 is 2.70 bits per heavy atom. The summed E-state index contributed by atoms with van der Waals surface area (Å²) >= 11 is 0. The number of nitrogen functional groups attached to an aromatic ring is 1. The molecule has 1 heterocycles. The van der Waals surface area contributed by atoms with Crippen LogP contribution in [0.4, 0.5) is 5.69 Å². The minimum Gasteiger partial charge on any atom is -0.321 e. The first-order chi connectivity index (χ1) is 9.44. The summed E-state index contributed by atoms with van der Waals surface area (Å²) < 4.78 is 27.5. The van der Waals surface area contributed by atoms with Crippen molar-refractivity contribution in [2.24, 2.45) is 17.7 Å². The molecule has 6 nitrogen and oxygen atoms in total. The molecule has 3 unspecified atom stereocenters. The van der Waals surface area contributed by atoms with E-state index in [1.54, 1.807) is 12.1 Å². The highest BCUT2D eigenvalue weighted by Gasteiger charge is 2.29. The van der Waals surface area contributed by atoms with Crippen LogP contribution in [-0.4, -0.2) is 19.4 Å². The molecule has 0 saturated heterocycles. The van der Waals surface area contributed by atoms with Crippen molar-refractivity contribution in [3.05, 3.63) is 18.3 Å². The molecule has 1 aliphatic carbocycles. The molecule has 1 saturated carbocycles. The van der Waals surface area contributed by atoms with Crippen LogP contribution in [0.25, 0.3) is 0 Å². The summed E-state index contributed by atoms with van der Waals surface area (Å²) in [4.78, 5) is 3.93. The molecule has 4 N–H and O–H groups in total. The summed E-state index contributed by atoms with van der Waals surface area (Å²) in [5.74, 6) is 6.50. The molecule has 112 valence electrons. The number of hydrogen-bond donors (Lipinski definition) is 3. The first kappa shape index (κ1) is 15.2. The number of rotatable bonds is 4. The SMILES string of the molecule is CC1CCC(NS(=O)(=O)c2ncccc2NN)CC1C. The Balaban J connectivity index is 2.15. The molecule has 0 aliphatic heterocycles. The fourth-order valence-electron chi connectivity index (χ4n) is 2.64. The van der Waals surface area contributed by atoms with Crippen molar-refractivity contribution in [3.63, 3.8) is 0 Å². The number of pyridine rings is 1. The van der Waals surface area contributed by atoms with Crippen LogP contribution in [0.2, 0.25) is 0 Å². The maximum Gasteiger partial charge on any atom is 0.260 e. The third-order valence-electron chi connectivity index (χ3n) is 4.10. The minimum atomic E-state index is -3.65. The van der Waals surface area contributed by atoms with Crippen LogP contribution >= 0.6 is 0 Å². The van der Waals surface area contributed by atoms with E-state index in [1.165, 1.54) is 6.20 Å². The highest BCUT2D eigenvalue weighted by molar-refractivity contribution is 7.89. The van der Waals surface area contributed by atoms with Gasteiger partial charge in [-0.25, -0.2) is 18.1 Å². The maximum atomic E-state index is 12.4. The van der Waals surface area contributed by atoms with Crippen molar-refractivity contribution in [1.29, 1.82) is 0 Å². The Bertz CT molecular complexity index is 561. The van der Waals surface area contributed by atoms with Gasteiger partial charge in [-0.15, -0.1) is 0 Å². The van der Waals surface area contributed by atoms with Gasteiger partial charge in [-0.2, -0.15) is 0 Å². The van der Waals surface area contributed by atoms with Gasteiger partial charge in [0.2, 0.25) is 0 Å². The second-order valence-corrected chi connectivity index (χ2v) is 7.22. The van der Waals surface area contributed by atoms with Crippen LogP contribution in [0.15, 0.2) is 23.4 Å². The quantitative estimate of drug-likeness (QED) is 0.578. The molecular formula is C13H22N4O2S. The van der Waals surface area contributed by atoms with E-state index >= 15 is 0 Å². The van der Waals surface area contributed by atoms with Crippen molar-refractivity contribution in [2.45, 2.75) is 44.2 Å². The molecule has 0 radical (unpaired) electrons. The maximum absolute atomic E-state index is 12.4. The monoisotopic (exact) mass is 298 g/mol. The summed E-state index contributed by atoms with van der Waals surface area (Å²) in [6.45, 7) is 4.38.